The van der Waals surface area contributed by atoms with E-state index in [1.54, 1.807) is 6.92 Å². The number of methoxy groups -OCH3 is 1. The molecule has 0 heterocycles. The minimum absolute atomic E-state index is 0.225. The van der Waals surface area contributed by atoms with Crippen LogP contribution in [-0.4, -0.2) is 36.8 Å². The van der Waals surface area contributed by atoms with Crippen LogP contribution in [0.5, 0.6) is 0 Å². The van der Waals surface area contributed by atoms with E-state index in [4.69, 9.17) is 15.6 Å². The molecular weight excluding hydrogens is 146 g/mol. The normalized spacial score (nSPS) is 18.9. The Morgan fingerprint density at radius 3 is 2.55 bits per heavy atom. The molecule has 0 aromatic heterocycles. The molecule has 0 aliphatic rings. The molecule has 0 bridgehead atoms. The van der Waals surface area contributed by atoms with E-state index in [1.807, 2.05) is 0 Å². The lowest BCUT2D eigenvalue weighted by atomic mass is 10.1. The summed E-state index contributed by atoms with van der Waals surface area (Å²) in [5, 5.41) is 9.03. The van der Waals surface area contributed by atoms with Gasteiger partial charge in [0.1, 0.15) is 6.29 Å². The van der Waals surface area contributed by atoms with Gasteiger partial charge < -0.3 is 20.4 Å². The first-order chi connectivity index (χ1) is 5.13. The number of hydrogen-bond donors (Lipinski definition) is 2. The molecule has 4 nitrogen and oxygen atoms in total. The summed E-state index contributed by atoms with van der Waals surface area (Å²) in [5.74, 6) is 0. The van der Waals surface area contributed by atoms with E-state index in [1.165, 1.54) is 7.11 Å². The van der Waals surface area contributed by atoms with Gasteiger partial charge >= 0.3 is 0 Å². The van der Waals surface area contributed by atoms with E-state index >= 15 is 0 Å². The molecule has 0 aliphatic heterocycles. The monoisotopic (exact) mass is 161 g/mol. The number of nitrogens with two attached hydrogens (primary N) is 1. The smallest absolute Gasteiger partial charge is 0.122 e. The minimum atomic E-state index is -0.653. The molecule has 0 rings (SSSR count). The molecule has 0 aliphatic carbocycles. The van der Waals surface area contributed by atoms with Gasteiger partial charge in [0.15, 0.2) is 0 Å². The second kappa shape index (κ2) is 5.23. The number of carbonyl (C=O) groups is 1. The molecule has 0 saturated carbocycles. The average molecular weight is 161 g/mol. The van der Waals surface area contributed by atoms with Gasteiger partial charge in [0.2, 0.25) is 0 Å². The van der Waals surface area contributed by atoms with Crippen molar-refractivity contribution in [3.63, 3.8) is 0 Å². The fourth-order valence-corrected chi connectivity index (χ4v) is 0.816. The lowest BCUT2D eigenvalue weighted by Crippen LogP contribution is -2.44. The highest BCUT2D eigenvalue weighted by atomic mass is 16.5. The van der Waals surface area contributed by atoms with Crippen molar-refractivity contribution in [1.29, 1.82) is 0 Å². The molecule has 0 fully saturated rings. The molecule has 0 aromatic carbocycles. The van der Waals surface area contributed by atoms with Crippen LogP contribution in [0.25, 0.3) is 0 Å². The molecule has 11 heavy (non-hydrogen) atoms. The molecule has 3 atom stereocenters. The van der Waals surface area contributed by atoms with Crippen molar-refractivity contribution in [3.8, 4) is 0 Å². The fraction of sp³-hybridized carbons (Fsp3) is 0.857. The predicted octanol–water partition coefficient (Wildman–Crippen LogP) is -0.702. The Kier molecular flexibility index (Phi) is 5.02. The number of rotatable bonds is 5. The summed E-state index contributed by atoms with van der Waals surface area (Å²) in [6, 6.07) is -0.495. The van der Waals surface area contributed by atoms with Crippen molar-refractivity contribution >= 4 is 6.29 Å². The van der Waals surface area contributed by atoms with Crippen LogP contribution in [0.4, 0.5) is 0 Å². The van der Waals surface area contributed by atoms with E-state index in [0.29, 0.717) is 0 Å². The standard InChI is InChI=1S/C7H15NO3/c1-5(10)7(8)6(11-2)3-4-9/h4-7,10H,3,8H2,1-2H3/t5-,6-,7-/m1/s1. The molecule has 0 spiro atoms. The van der Waals surface area contributed by atoms with E-state index < -0.39 is 12.1 Å². The Labute approximate surface area is 66.3 Å². The molecule has 66 valence electrons. The van der Waals surface area contributed by atoms with Gasteiger partial charge in [-0.15, -0.1) is 0 Å². The zero-order chi connectivity index (χ0) is 8.85. The van der Waals surface area contributed by atoms with Gasteiger partial charge in [-0.1, -0.05) is 0 Å². The van der Waals surface area contributed by atoms with Gasteiger partial charge in [0, 0.05) is 13.5 Å². The number of carbonyl (C=O) groups excluding carboxylic acids is 1. The van der Waals surface area contributed by atoms with E-state index in [9.17, 15) is 4.79 Å². The van der Waals surface area contributed by atoms with Gasteiger partial charge in [-0.3, -0.25) is 0 Å². The van der Waals surface area contributed by atoms with Crippen LogP contribution in [0.3, 0.4) is 0 Å². The second-order valence-corrected chi connectivity index (χ2v) is 2.49. The molecule has 0 radical (unpaired) electrons. The zero-order valence-electron chi connectivity index (χ0n) is 6.86. The van der Waals surface area contributed by atoms with Crippen molar-refractivity contribution in [2.45, 2.75) is 31.6 Å². The van der Waals surface area contributed by atoms with Gasteiger partial charge in [-0.05, 0) is 6.92 Å². The highest BCUT2D eigenvalue weighted by Gasteiger charge is 2.20. The van der Waals surface area contributed by atoms with E-state index in [-0.39, 0.29) is 12.5 Å². The van der Waals surface area contributed by atoms with Crippen molar-refractivity contribution in [2.24, 2.45) is 5.73 Å². The van der Waals surface area contributed by atoms with Crippen molar-refractivity contribution in [3.05, 3.63) is 0 Å². The summed E-state index contributed by atoms with van der Waals surface area (Å²) in [6.07, 6.45) is -0.0775. The highest BCUT2D eigenvalue weighted by molar-refractivity contribution is 5.50. The number of aldehydes is 1. The number of aliphatic hydroxyl groups is 1. The second-order valence-electron chi connectivity index (χ2n) is 2.49. The quantitative estimate of drug-likeness (QED) is 0.523. The lowest BCUT2D eigenvalue weighted by Gasteiger charge is -2.22. The molecule has 0 aromatic rings. The Morgan fingerprint density at radius 2 is 2.27 bits per heavy atom. The third kappa shape index (κ3) is 3.46. The van der Waals surface area contributed by atoms with Gasteiger partial charge in [0.05, 0.1) is 18.2 Å². The number of aliphatic hydroxyl groups excluding tert-OH is 1. The van der Waals surface area contributed by atoms with Crippen molar-refractivity contribution in [2.75, 3.05) is 7.11 Å². The Hall–Kier alpha value is -0.450. The topological polar surface area (TPSA) is 72.5 Å². The van der Waals surface area contributed by atoms with Crippen LogP contribution in [-0.2, 0) is 9.53 Å². The molecule has 4 heteroatoms. The van der Waals surface area contributed by atoms with Crippen LogP contribution in [0.1, 0.15) is 13.3 Å². The van der Waals surface area contributed by atoms with Crippen LogP contribution < -0.4 is 5.73 Å². The Bertz CT molecular complexity index is 116. The maximum absolute atomic E-state index is 10.1. The zero-order valence-corrected chi connectivity index (χ0v) is 6.86. The number of ether oxygens (including phenoxy) is 1. The fourth-order valence-electron chi connectivity index (χ4n) is 0.816. The first-order valence-electron chi connectivity index (χ1n) is 3.53. The predicted molar refractivity (Wildman–Crippen MR) is 41.1 cm³/mol. The first kappa shape index (κ1) is 10.6. The molecule has 0 saturated heterocycles. The molecular formula is C7H15NO3. The summed E-state index contributed by atoms with van der Waals surface area (Å²) in [5.41, 5.74) is 5.52. The summed E-state index contributed by atoms with van der Waals surface area (Å²) in [4.78, 5) is 10.1. The van der Waals surface area contributed by atoms with E-state index in [0.717, 1.165) is 6.29 Å². The van der Waals surface area contributed by atoms with Crippen LogP contribution in [0, 0.1) is 0 Å². The van der Waals surface area contributed by atoms with Gasteiger partial charge in [-0.25, -0.2) is 0 Å². The maximum Gasteiger partial charge on any atom is 0.122 e. The number of hydrogen-bond acceptors (Lipinski definition) is 4. The summed E-state index contributed by atoms with van der Waals surface area (Å²) >= 11 is 0. The molecule has 0 amide bonds. The SMILES string of the molecule is CO[C@H](CC=O)[C@H](N)[C@@H](C)O. The third-order valence-corrected chi connectivity index (χ3v) is 1.62. The van der Waals surface area contributed by atoms with Gasteiger partial charge in [0.25, 0.3) is 0 Å². The highest BCUT2D eigenvalue weighted by Crippen LogP contribution is 2.03. The van der Waals surface area contributed by atoms with E-state index in [2.05, 4.69) is 0 Å². The maximum atomic E-state index is 10.1. The summed E-state index contributed by atoms with van der Waals surface area (Å²) in [7, 11) is 1.47. The van der Waals surface area contributed by atoms with Crippen LogP contribution >= 0.6 is 0 Å². The average Bonchev–Trinajstić information content (AvgIpc) is 1.98. The third-order valence-electron chi connectivity index (χ3n) is 1.62. The summed E-state index contributed by atoms with van der Waals surface area (Å²) < 4.78 is 4.90. The Morgan fingerprint density at radius 1 is 1.73 bits per heavy atom. The summed E-state index contributed by atoms with van der Waals surface area (Å²) in [6.45, 7) is 1.57. The van der Waals surface area contributed by atoms with Crippen molar-refractivity contribution < 1.29 is 14.6 Å². The van der Waals surface area contributed by atoms with Crippen molar-refractivity contribution in [1.82, 2.24) is 0 Å². The van der Waals surface area contributed by atoms with Gasteiger partial charge in [-0.2, -0.15) is 0 Å². The Balaban J connectivity index is 3.90. The molecule has 0 unspecified atom stereocenters. The first-order valence-corrected chi connectivity index (χ1v) is 3.53. The lowest BCUT2D eigenvalue weighted by molar-refractivity contribution is -0.110. The van der Waals surface area contributed by atoms with Crippen LogP contribution in [0.2, 0.25) is 0 Å². The minimum Gasteiger partial charge on any atom is -0.392 e. The van der Waals surface area contributed by atoms with Crippen LogP contribution in [0.15, 0.2) is 0 Å². The molecule has 3 N–H and O–H groups in total. The largest absolute Gasteiger partial charge is 0.392 e.